The Labute approximate surface area is 87.2 Å². The lowest BCUT2D eigenvalue weighted by atomic mass is 10.1. The fourth-order valence-electron chi connectivity index (χ4n) is 0.982. The summed E-state index contributed by atoms with van der Waals surface area (Å²) < 4.78 is 26.3. The van der Waals surface area contributed by atoms with Crippen LogP contribution in [-0.4, -0.2) is 24.4 Å². The molecule has 0 heterocycles. The quantitative estimate of drug-likeness (QED) is 0.709. The van der Waals surface area contributed by atoms with E-state index in [2.05, 4.69) is 0 Å². The van der Waals surface area contributed by atoms with Gasteiger partial charge in [0.15, 0.2) is 0 Å². The Morgan fingerprint density at radius 3 is 2.50 bits per heavy atom. The highest BCUT2D eigenvalue weighted by molar-refractivity contribution is 7.86. The molecule has 2 radical (unpaired) electrons. The fourth-order valence-corrected chi connectivity index (χ4v) is 2.46. The van der Waals surface area contributed by atoms with Crippen molar-refractivity contribution >= 4 is 25.1 Å². The summed E-state index contributed by atoms with van der Waals surface area (Å²) in [6, 6.07) is 5.77. The predicted molar refractivity (Wildman–Crippen MR) is 57.2 cm³/mol. The van der Waals surface area contributed by atoms with Gasteiger partial charge in [-0.3, -0.25) is 0 Å². The molecule has 76 valence electrons. The summed E-state index contributed by atoms with van der Waals surface area (Å²) >= 11 is 0. The summed E-state index contributed by atoms with van der Waals surface area (Å²) in [5.41, 5.74) is 2.24. The molecule has 0 saturated heterocycles. The lowest BCUT2D eigenvalue weighted by Crippen LogP contribution is -2.23. The van der Waals surface area contributed by atoms with E-state index in [0.29, 0.717) is 0 Å². The van der Waals surface area contributed by atoms with Gasteiger partial charge in [-0.25, -0.2) is 8.42 Å². The van der Waals surface area contributed by atoms with Crippen molar-refractivity contribution in [3.63, 3.8) is 0 Å². The van der Waals surface area contributed by atoms with Crippen LogP contribution in [0.5, 0.6) is 0 Å². The molecular weight excluding hydrogens is 216 g/mol. The first-order valence-electron chi connectivity index (χ1n) is 4.11. The van der Waals surface area contributed by atoms with Crippen molar-refractivity contribution in [3.05, 3.63) is 29.3 Å². The highest BCUT2D eigenvalue weighted by Crippen LogP contribution is 2.02. The average molecular weight is 228 g/mol. The lowest BCUT2D eigenvalue weighted by molar-refractivity contribution is 0.511. The molecule has 0 saturated carbocycles. The van der Waals surface area contributed by atoms with Crippen LogP contribution in [0, 0.1) is 13.8 Å². The van der Waals surface area contributed by atoms with Crippen LogP contribution in [0.2, 0.25) is 0 Å². The number of hydrogen-bond donors (Lipinski definition) is 0. The van der Waals surface area contributed by atoms with Crippen molar-refractivity contribution < 1.29 is 12.3 Å². The largest absolute Gasteiger partial charge is 0.310 e. The maximum Gasteiger partial charge on any atom is 0.297 e. The molecule has 0 N–H and O–H groups in total. The van der Waals surface area contributed by atoms with Crippen LogP contribution in [0.1, 0.15) is 11.1 Å². The van der Waals surface area contributed by atoms with Gasteiger partial charge in [-0.15, -0.1) is 0 Å². The van der Waals surface area contributed by atoms with Crippen molar-refractivity contribution in [2.45, 2.75) is 13.8 Å². The van der Waals surface area contributed by atoms with Crippen LogP contribution in [0.3, 0.4) is 0 Å². The van der Waals surface area contributed by atoms with Gasteiger partial charge in [0.1, 0.15) is 0 Å². The maximum absolute atomic E-state index is 10.8. The number of hydrogen-bond acceptors (Lipinski definition) is 3. The monoisotopic (exact) mass is 228 g/mol. The molecule has 0 atom stereocenters. The Bertz CT molecular complexity index is 426. The van der Waals surface area contributed by atoms with E-state index in [1.54, 1.807) is 0 Å². The number of aryl methyl sites for hydroxylation is 1. The van der Waals surface area contributed by atoms with Gasteiger partial charge in [0.25, 0.3) is 19.9 Å². The van der Waals surface area contributed by atoms with Gasteiger partial charge in [-0.1, -0.05) is 18.2 Å². The zero-order valence-corrected chi connectivity index (χ0v) is 10.2. The Balaban J connectivity index is 2.83. The summed E-state index contributed by atoms with van der Waals surface area (Å²) in [6.07, 6.45) is 1.06. The summed E-state index contributed by atoms with van der Waals surface area (Å²) in [5.74, 6) is 0. The second kappa shape index (κ2) is 4.25. The third-order valence-corrected chi connectivity index (χ3v) is 4.21. The van der Waals surface area contributed by atoms with E-state index < -0.39 is 10.1 Å². The van der Waals surface area contributed by atoms with E-state index in [0.717, 1.165) is 22.6 Å². The molecule has 0 bridgehead atoms. The van der Waals surface area contributed by atoms with Crippen molar-refractivity contribution in [1.82, 2.24) is 0 Å². The minimum absolute atomic E-state index is 0.137. The minimum Gasteiger partial charge on any atom is -0.310 e. The van der Waals surface area contributed by atoms with Crippen molar-refractivity contribution in [3.8, 4) is 0 Å². The second-order valence-electron chi connectivity index (χ2n) is 3.14. The van der Waals surface area contributed by atoms with Crippen molar-refractivity contribution in [1.29, 1.82) is 0 Å². The summed E-state index contributed by atoms with van der Waals surface area (Å²) in [5, 5.41) is 0.940. The molecule has 0 amide bonds. The molecule has 0 spiro atoms. The molecule has 1 aromatic rings. The van der Waals surface area contributed by atoms with Crippen LogP contribution in [0.15, 0.2) is 18.2 Å². The van der Waals surface area contributed by atoms with Crippen LogP contribution in [0.4, 0.5) is 0 Å². The number of rotatable bonds is 3. The molecule has 5 heteroatoms. The normalized spacial score (nSPS) is 11.6. The first-order valence-corrected chi connectivity index (χ1v) is 6.83. The van der Waals surface area contributed by atoms with E-state index in [1.165, 1.54) is 0 Å². The topological polar surface area (TPSA) is 43.4 Å². The third kappa shape index (κ3) is 3.25. The maximum atomic E-state index is 10.8. The molecule has 1 aromatic carbocycles. The summed E-state index contributed by atoms with van der Waals surface area (Å²) in [4.78, 5) is 0. The highest BCUT2D eigenvalue weighted by atomic mass is 32.2. The van der Waals surface area contributed by atoms with Gasteiger partial charge in [0.05, 0.1) is 6.26 Å². The van der Waals surface area contributed by atoms with Crippen LogP contribution >= 0.6 is 0 Å². The molecule has 14 heavy (non-hydrogen) atoms. The smallest absolute Gasteiger partial charge is 0.297 e. The molecule has 1 rings (SSSR count). The van der Waals surface area contributed by atoms with Crippen molar-refractivity contribution in [2.24, 2.45) is 0 Å². The standard InChI is InChI=1S/C9H12O3SSi/c1-7-5-4-6-9(8(7)2)14-12-13(3,10)11/h4-6H,1-3H3. The Hall–Kier alpha value is -0.653. The second-order valence-corrected chi connectivity index (χ2v) is 5.95. The molecule has 0 aliphatic heterocycles. The van der Waals surface area contributed by atoms with Crippen LogP contribution in [-0.2, 0) is 14.0 Å². The van der Waals surface area contributed by atoms with E-state index in [-0.39, 0.29) is 9.76 Å². The van der Waals surface area contributed by atoms with E-state index >= 15 is 0 Å². The van der Waals surface area contributed by atoms with Crippen LogP contribution in [0.25, 0.3) is 0 Å². The molecule has 3 nitrogen and oxygen atoms in total. The van der Waals surface area contributed by atoms with E-state index in [4.69, 9.17) is 3.87 Å². The molecular formula is C9H12O3SSi. The van der Waals surface area contributed by atoms with Gasteiger partial charge in [0, 0.05) is 0 Å². The zero-order chi connectivity index (χ0) is 10.8. The third-order valence-electron chi connectivity index (χ3n) is 1.91. The van der Waals surface area contributed by atoms with E-state index in [1.807, 2.05) is 32.0 Å². The minimum atomic E-state index is -3.34. The molecule has 0 aliphatic carbocycles. The molecule has 0 aliphatic rings. The van der Waals surface area contributed by atoms with Crippen LogP contribution < -0.4 is 5.19 Å². The van der Waals surface area contributed by atoms with Gasteiger partial charge >= 0.3 is 0 Å². The average Bonchev–Trinajstić information content (AvgIpc) is 2.06. The zero-order valence-electron chi connectivity index (χ0n) is 8.37. The van der Waals surface area contributed by atoms with Gasteiger partial charge in [0.2, 0.25) is 0 Å². The lowest BCUT2D eigenvalue weighted by Gasteiger charge is -2.06. The molecule has 0 aromatic heterocycles. The van der Waals surface area contributed by atoms with E-state index in [9.17, 15) is 8.42 Å². The number of benzene rings is 1. The predicted octanol–water partition coefficient (Wildman–Crippen LogP) is 0.524. The Morgan fingerprint density at radius 2 is 1.93 bits per heavy atom. The highest BCUT2D eigenvalue weighted by Gasteiger charge is 2.07. The Morgan fingerprint density at radius 1 is 1.29 bits per heavy atom. The summed E-state index contributed by atoms with van der Waals surface area (Å²) in [6.45, 7) is 3.95. The summed E-state index contributed by atoms with van der Waals surface area (Å²) in [7, 11) is -3.48. The SMILES string of the molecule is Cc1cccc([Si]OS(C)(=O)=O)c1C. The fraction of sp³-hybridized carbons (Fsp3) is 0.333. The van der Waals surface area contributed by atoms with Gasteiger partial charge < -0.3 is 3.87 Å². The van der Waals surface area contributed by atoms with Crippen molar-refractivity contribution in [2.75, 3.05) is 6.26 Å². The van der Waals surface area contributed by atoms with Gasteiger partial charge in [-0.05, 0) is 30.2 Å². The molecule has 0 fully saturated rings. The first-order chi connectivity index (χ1) is 6.40. The Kier molecular flexibility index (Phi) is 3.46. The van der Waals surface area contributed by atoms with Gasteiger partial charge in [-0.2, -0.15) is 0 Å². The molecule has 0 unspecified atom stereocenters. The first kappa shape index (κ1) is 11.4.